The highest BCUT2D eigenvalue weighted by molar-refractivity contribution is 5.94. The van der Waals surface area contributed by atoms with Crippen LogP contribution >= 0.6 is 0 Å². The molecule has 3 amide bonds. The number of carbonyl (C=O) groups is 3. The topological polar surface area (TPSA) is 108 Å². The molecule has 8 nitrogen and oxygen atoms in total. The second-order valence-corrected chi connectivity index (χ2v) is 9.31. The lowest BCUT2D eigenvalue weighted by molar-refractivity contribution is -0.274. The minimum Gasteiger partial charge on any atom is -0.481 e. The van der Waals surface area contributed by atoms with Crippen LogP contribution in [-0.4, -0.2) is 46.9 Å². The number of nitrogens with zero attached hydrogens (tertiary/aromatic N) is 1. The van der Waals surface area contributed by atoms with Gasteiger partial charge in [-0.1, -0.05) is 25.5 Å². The summed E-state index contributed by atoms with van der Waals surface area (Å²) >= 11 is 0. The number of hydrogen-bond acceptors (Lipinski definition) is 4. The van der Waals surface area contributed by atoms with Crippen LogP contribution in [0.2, 0.25) is 0 Å². The molecular weight excluding hydrogens is 503 g/mol. The molecule has 0 bridgehead atoms. The average molecular weight is 536 g/mol. The van der Waals surface area contributed by atoms with Crippen molar-refractivity contribution in [1.29, 1.82) is 0 Å². The summed E-state index contributed by atoms with van der Waals surface area (Å²) in [5.74, 6) is -1.14. The molecule has 3 rings (SSSR count). The lowest BCUT2D eigenvalue weighted by atomic mass is 9.84. The summed E-state index contributed by atoms with van der Waals surface area (Å²) in [6.45, 7) is 2.46. The van der Waals surface area contributed by atoms with Gasteiger partial charge in [0, 0.05) is 30.4 Å². The Hall–Kier alpha value is -3.76. The van der Waals surface area contributed by atoms with Crippen LogP contribution in [0.3, 0.4) is 0 Å². The standard InChI is InChI=1S/C27H32F3N3O5/c1-2-18-5-11-22(12-6-18)33(26(37)32-21-9-13-23(14-10-21)38-27(28,29)30)17-19-3-7-20(8-4-19)25(36)31-16-15-24(34)35/h3-4,7-10,13-14,18,22H,2,5-6,11-12,15-17H2,1H3,(H,31,36)(H,32,37)(H,34,35). The largest absolute Gasteiger partial charge is 0.573 e. The highest BCUT2D eigenvalue weighted by Crippen LogP contribution is 2.31. The zero-order valence-corrected chi connectivity index (χ0v) is 21.1. The molecule has 0 atom stereocenters. The van der Waals surface area contributed by atoms with E-state index in [1.54, 1.807) is 29.2 Å². The van der Waals surface area contributed by atoms with Crippen LogP contribution in [0.4, 0.5) is 23.7 Å². The van der Waals surface area contributed by atoms with E-state index in [1.165, 1.54) is 12.1 Å². The summed E-state index contributed by atoms with van der Waals surface area (Å²) < 4.78 is 41.2. The first-order valence-corrected chi connectivity index (χ1v) is 12.6. The van der Waals surface area contributed by atoms with Crippen molar-refractivity contribution >= 4 is 23.6 Å². The van der Waals surface area contributed by atoms with Crippen molar-refractivity contribution in [1.82, 2.24) is 10.2 Å². The van der Waals surface area contributed by atoms with E-state index in [0.29, 0.717) is 17.2 Å². The monoisotopic (exact) mass is 535 g/mol. The molecular formula is C27H32F3N3O5. The van der Waals surface area contributed by atoms with Crippen LogP contribution in [0.5, 0.6) is 5.75 Å². The number of benzene rings is 2. The van der Waals surface area contributed by atoms with Gasteiger partial charge in [0.25, 0.3) is 5.91 Å². The van der Waals surface area contributed by atoms with Crippen LogP contribution in [0.1, 0.15) is 61.4 Å². The number of halogens is 3. The Kier molecular flexibility index (Phi) is 9.98. The molecule has 2 aromatic rings. The smallest absolute Gasteiger partial charge is 0.481 e. The van der Waals surface area contributed by atoms with Crippen molar-refractivity contribution in [2.75, 3.05) is 11.9 Å². The number of carboxylic acid groups (broad SMARTS) is 1. The van der Waals surface area contributed by atoms with E-state index >= 15 is 0 Å². The lowest BCUT2D eigenvalue weighted by Gasteiger charge is -2.37. The third-order valence-electron chi connectivity index (χ3n) is 6.63. The Balaban J connectivity index is 1.69. The number of anilines is 1. The molecule has 0 saturated heterocycles. The molecule has 0 spiro atoms. The molecule has 0 radical (unpaired) electrons. The fourth-order valence-corrected chi connectivity index (χ4v) is 4.51. The first-order chi connectivity index (χ1) is 18.0. The van der Waals surface area contributed by atoms with Gasteiger partial charge in [-0.05, 0) is 73.6 Å². The molecule has 1 aliphatic carbocycles. The SMILES string of the molecule is CCC1CCC(N(Cc2ccc(C(=O)NCCC(=O)O)cc2)C(=O)Nc2ccc(OC(F)(F)F)cc2)CC1. The second-order valence-electron chi connectivity index (χ2n) is 9.31. The number of carboxylic acids is 1. The fourth-order valence-electron chi connectivity index (χ4n) is 4.51. The van der Waals surface area contributed by atoms with Crippen molar-refractivity contribution in [2.45, 2.75) is 64.4 Å². The number of hydrogen-bond donors (Lipinski definition) is 3. The maximum absolute atomic E-state index is 13.3. The van der Waals surface area contributed by atoms with E-state index < -0.39 is 12.3 Å². The predicted octanol–water partition coefficient (Wildman–Crippen LogP) is 5.79. The maximum atomic E-state index is 13.3. The minimum atomic E-state index is -4.80. The van der Waals surface area contributed by atoms with E-state index in [4.69, 9.17) is 5.11 Å². The molecule has 206 valence electrons. The molecule has 0 unspecified atom stereocenters. The lowest BCUT2D eigenvalue weighted by Crippen LogP contribution is -2.44. The van der Waals surface area contributed by atoms with Crippen molar-refractivity contribution in [3.05, 3.63) is 59.7 Å². The summed E-state index contributed by atoms with van der Waals surface area (Å²) in [7, 11) is 0. The highest BCUT2D eigenvalue weighted by atomic mass is 19.4. The molecule has 3 N–H and O–H groups in total. The molecule has 11 heteroatoms. The first-order valence-electron chi connectivity index (χ1n) is 12.6. The van der Waals surface area contributed by atoms with Gasteiger partial charge in [0.1, 0.15) is 5.75 Å². The van der Waals surface area contributed by atoms with Crippen LogP contribution in [-0.2, 0) is 11.3 Å². The van der Waals surface area contributed by atoms with E-state index in [9.17, 15) is 27.6 Å². The predicted molar refractivity (Wildman–Crippen MR) is 135 cm³/mol. The van der Waals surface area contributed by atoms with Crippen LogP contribution in [0.15, 0.2) is 48.5 Å². The van der Waals surface area contributed by atoms with Gasteiger partial charge in [0.15, 0.2) is 0 Å². The molecule has 1 saturated carbocycles. The minimum absolute atomic E-state index is 0.00960. The number of carbonyl (C=O) groups excluding carboxylic acids is 2. The Morgan fingerprint density at radius 3 is 2.18 bits per heavy atom. The summed E-state index contributed by atoms with van der Waals surface area (Å²) in [5, 5.41) is 14.0. The molecule has 2 aromatic carbocycles. The second kappa shape index (κ2) is 13.2. The van der Waals surface area contributed by atoms with Crippen LogP contribution < -0.4 is 15.4 Å². The Morgan fingerprint density at radius 1 is 1.00 bits per heavy atom. The molecule has 1 aliphatic rings. The third kappa shape index (κ3) is 8.97. The Morgan fingerprint density at radius 2 is 1.63 bits per heavy atom. The van der Waals surface area contributed by atoms with Gasteiger partial charge in [-0.3, -0.25) is 9.59 Å². The van der Waals surface area contributed by atoms with Gasteiger partial charge in [0.2, 0.25) is 0 Å². The number of aliphatic carboxylic acids is 1. The number of ether oxygens (including phenoxy) is 1. The van der Waals surface area contributed by atoms with Gasteiger partial charge in [-0.15, -0.1) is 13.2 Å². The number of nitrogens with one attached hydrogen (secondary N) is 2. The first kappa shape index (κ1) is 28.8. The Labute approximate surface area is 219 Å². The summed E-state index contributed by atoms with van der Waals surface area (Å²) in [6.07, 6.45) is -0.197. The van der Waals surface area contributed by atoms with Gasteiger partial charge in [-0.25, -0.2) is 4.79 Å². The van der Waals surface area contributed by atoms with Crippen LogP contribution in [0.25, 0.3) is 0 Å². The molecule has 0 heterocycles. The summed E-state index contributed by atoms with van der Waals surface area (Å²) in [5.41, 5.74) is 1.51. The summed E-state index contributed by atoms with van der Waals surface area (Å²) in [4.78, 5) is 37.9. The number of rotatable bonds is 10. The van der Waals surface area contributed by atoms with Gasteiger partial charge in [-0.2, -0.15) is 0 Å². The molecule has 0 aliphatic heterocycles. The number of urea groups is 1. The van der Waals surface area contributed by atoms with Gasteiger partial charge < -0.3 is 25.4 Å². The third-order valence-corrected chi connectivity index (χ3v) is 6.63. The van der Waals surface area contributed by atoms with Gasteiger partial charge in [0.05, 0.1) is 6.42 Å². The van der Waals surface area contributed by atoms with Crippen molar-refractivity contribution in [2.24, 2.45) is 5.92 Å². The molecule has 1 fully saturated rings. The van der Waals surface area contributed by atoms with Crippen LogP contribution in [0, 0.1) is 5.92 Å². The quantitative estimate of drug-likeness (QED) is 0.357. The van der Waals surface area contributed by atoms with E-state index in [1.807, 2.05) is 0 Å². The molecule has 0 aromatic heterocycles. The van der Waals surface area contributed by atoms with Crippen molar-refractivity contribution in [3.8, 4) is 5.75 Å². The molecule has 38 heavy (non-hydrogen) atoms. The maximum Gasteiger partial charge on any atom is 0.573 e. The zero-order chi connectivity index (χ0) is 27.7. The van der Waals surface area contributed by atoms with Gasteiger partial charge >= 0.3 is 18.4 Å². The summed E-state index contributed by atoms with van der Waals surface area (Å²) in [6, 6.07) is 11.3. The average Bonchev–Trinajstić information content (AvgIpc) is 2.87. The van der Waals surface area contributed by atoms with Crippen molar-refractivity contribution in [3.63, 3.8) is 0 Å². The van der Waals surface area contributed by atoms with E-state index in [-0.39, 0.29) is 43.2 Å². The Bertz CT molecular complexity index is 1080. The van der Waals surface area contributed by atoms with E-state index in [0.717, 1.165) is 49.8 Å². The number of alkyl halides is 3. The van der Waals surface area contributed by atoms with Crippen molar-refractivity contribution < 1.29 is 37.4 Å². The number of amides is 3. The normalized spacial score (nSPS) is 17.4. The fraction of sp³-hybridized carbons (Fsp3) is 0.444. The highest BCUT2D eigenvalue weighted by Gasteiger charge is 2.31. The van der Waals surface area contributed by atoms with E-state index in [2.05, 4.69) is 22.3 Å². The zero-order valence-electron chi connectivity index (χ0n) is 21.1.